The number of anilines is 1. The monoisotopic (exact) mass is 263 g/mol. The van der Waals surface area contributed by atoms with E-state index in [1.807, 2.05) is 0 Å². The quantitative estimate of drug-likeness (QED) is 0.842. The molecule has 0 radical (unpaired) electrons. The van der Waals surface area contributed by atoms with Crippen LogP contribution in [0, 0.1) is 5.92 Å². The molecule has 1 aromatic carbocycles. The average molecular weight is 264 g/mol. The van der Waals surface area contributed by atoms with Crippen LogP contribution in [-0.4, -0.2) is 6.54 Å². The van der Waals surface area contributed by atoms with Gasteiger partial charge in [-0.1, -0.05) is 18.0 Å². The minimum atomic E-state index is -4.35. The predicted molar refractivity (Wildman–Crippen MR) is 62.3 cm³/mol. The lowest BCUT2D eigenvalue weighted by molar-refractivity contribution is -0.137. The second-order valence-electron chi connectivity index (χ2n) is 4.40. The third-order valence-corrected chi connectivity index (χ3v) is 3.26. The Morgan fingerprint density at radius 1 is 1.24 bits per heavy atom. The second kappa shape index (κ2) is 4.77. The number of hydrogen-bond acceptors (Lipinski definition) is 1. The van der Waals surface area contributed by atoms with E-state index >= 15 is 0 Å². The van der Waals surface area contributed by atoms with E-state index in [-0.39, 0.29) is 5.02 Å². The highest BCUT2D eigenvalue weighted by Crippen LogP contribution is 2.34. The van der Waals surface area contributed by atoms with E-state index in [4.69, 9.17) is 11.6 Å². The van der Waals surface area contributed by atoms with Gasteiger partial charge in [0.15, 0.2) is 0 Å². The first-order valence-electron chi connectivity index (χ1n) is 5.57. The molecule has 1 saturated carbocycles. The van der Waals surface area contributed by atoms with Crippen LogP contribution in [0.25, 0.3) is 0 Å². The lowest BCUT2D eigenvalue weighted by Crippen LogP contribution is -2.21. The maximum atomic E-state index is 12.5. The van der Waals surface area contributed by atoms with Crippen molar-refractivity contribution in [3.63, 3.8) is 0 Å². The number of halogens is 4. The van der Waals surface area contributed by atoms with Crippen LogP contribution < -0.4 is 5.32 Å². The van der Waals surface area contributed by atoms with Gasteiger partial charge in [-0.15, -0.1) is 0 Å². The Kier molecular flexibility index (Phi) is 3.52. The predicted octanol–water partition coefficient (Wildman–Crippen LogP) is 4.57. The number of benzene rings is 1. The molecule has 0 unspecified atom stereocenters. The van der Waals surface area contributed by atoms with Crippen molar-refractivity contribution in [3.8, 4) is 0 Å². The maximum absolute atomic E-state index is 12.5. The molecule has 1 aromatic rings. The highest BCUT2D eigenvalue weighted by molar-refractivity contribution is 6.30. The Labute approximate surface area is 103 Å². The van der Waals surface area contributed by atoms with Crippen LogP contribution in [0.1, 0.15) is 24.8 Å². The number of hydrogen-bond donors (Lipinski definition) is 1. The summed E-state index contributed by atoms with van der Waals surface area (Å²) >= 11 is 5.68. The summed E-state index contributed by atoms with van der Waals surface area (Å²) in [6.45, 7) is 0.720. The zero-order valence-corrected chi connectivity index (χ0v) is 9.91. The molecule has 0 aromatic heterocycles. The normalized spacial score (nSPS) is 16.7. The fourth-order valence-corrected chi connectivity index (χ4v) is 2.05. The molecule has 1 nitrogen and oxygen atoms in total. The minimum Gasteiger partial charge on any atom is -0.385 e. The van der Waals surface area contributed by atoms with Crippen molar-refractivity contribution in [2.75, 3.05) is 11.9 Å². The topological polar surface area (TPSA) is 12.0 Å². The van der Waals surface area contributed by atoms with Gasteiger partial charge in [0.25, 0.3) is 0 Å². The van der Waals surface area contributed by atoms with E-state index in [0.717, 1.165) is 31.5 Å². The summed E-state index contributed by atoms with van der Waals surface area (Å²) in [6, 6.07) is 3.57. The molecule has 1 N–H and O–H groups in total. The number of nitrogens with one attached hydrogen (secondary N) is 1. The lowest BCUT2D eigenvalue weighted by Gasteiger charge is -2.26. The summed E-state index contributed by atoms with van der Waals surface area (Å²) in [5.74, 6) is 0.586. The maximum Gasteiger partial charge on any atom is 0.416 e. The minimum absolute atomic E-state index is 0.107. The molecule has 0 aliphatic heterocycles. The zero-order chi connectivity index (χ0) is 12.5. The van der Waals surface area contributed by atoms with Gasteiger partial charge >= 0.3 is 6.18 Å². The van der Waals surface area contributed by atoms with Crippen molar-refractivity contribution >= 4 is 17.3 Å². The molecule has 0 amide bonds. The van der Waals surface area contributed by atoms with Crippen molar-refractivity contribution in [2.45, 2.75) is 25.4 Å². The highest BCUT2D eigenvalue weighted by Gasteiger charge is 2.31. The summed E-state index contributed by atoms with van der Waals surface area (Å²) in [5.41, 5.74) is -0.266. The fourth-order valence-electron chi connectivity index (χ4n) is 1.81. The molecule has 0 saturated heterocycles. The van der Waals surface area contributed by atoms with Gasteiger partial charge in [-0.05, 0) is 37.0 Å². The lowest BCUT2D eigenvalue weighted by atomic mass is 9.85. The van der Waals surface area contributed by atoms with Crippen LogP contribution in [0.5, 0.6) is 0 Å². The molecular formula is C12H13ClF3N. The second-order valence-corrected chi connectivity index (χ2v) is 4.84. The SMILES string of the molecule is FC(F)(F)c1cc(Cl)cc(NCC2CCC2)c1. The van der Waals surface area contributed by atoms with Gasteiger partial charge < -0.3 is 5.32 Å². The molecule has 0 heterocycles. The Hall–Kier alpha value is -0.900. The Bertz CT molecular complexity index is 399. The number of alkyl halides is 3. The van der Waals surface area contributed by atoms with Crippen LogP contribution in [0.15, 0.2) is 18.2 Å². The Morgan fingerprint density at radius 2 is 1.94 bits per heavy atom. The molecule has 0 atom stereocenters. The largest absolute Gasteiger partial charge is 0.416 e. The first-order valence-corrected chi connectivity index (χ1v) is 5.94. The highest BCUT2D eigenvalue weighted by atomic mass is 35.5. The van der Waals surface area contributed by atoms with Crippen LogP contribution in [0.4, 0.5) is 18.9 Å². The van der Waals surface area contributed by atoms with Gasteiger partial charge in [-0.3, -0.25) is 0 Å². The molecule has 5 heteroatoms. The van der Waals surface area contributed by atoms with E-state index in [9.17, 15) is 13.2 Å². The molecule has 94 valence electrons. The van der Waals surface area contributed by atoms with Crippen LogP contribution in [0.2, 0.25) is 5.02 Å². The van der Waals surface area contributed by atoms with Crippen molar-refractivity contribution in [1.29, 1.82) is 0 Å². The molecule has 1 aliphatic carbocycles. The molecule has 1 aliphatic rings. The summed E-state index contributed by atoms with van der Waals surface area (Å²) in [4.78, 5) is 0. The van der Waals surface area contributed by atoms with Crippen LogP contribution in [0.3, 0.4) is 0 Å². The average Bonchev–Trinajstić information content (AvgIpc) is 2.13. The smallest absolute Gasteiger partial charge is 0.385 e. The van der Waals surface area contributed by atoms with E-state index in [1.165, 1.54) is 12.5 Å². The summed E-state index contributed by atoms with van der Waals surface area (Å²) < 4.78 is 37.6. The summed E-state index contributed by atoms with van der Waals surface area (Å²) in [6.07, 6.45) is -0.827. The Balaban J connectivity index is 2.08. The first-order chi connectivity index (χ1) is 7.95. The third-order valence-electron chi connectivity index (χ3n) is 3.04. The molecule has 17 heavy (non-hydrogen) atoms. The summed E-state index contributed by atoms with van der Waals surface area (Å²) in [7, 11) is 0. The molecular weight excluding hydrogens is 251 g/mol. The zero-order valence-electron chi connectivity index (χ0n) is 9.15. The van der Waals surface area contributed by atoms with Crippen molar-refractivity contribution in [2.24, 2.45) is 5.92 Å². The van der Waals surface area contributed by atoms with Gasteiger partial charge in [-0.25, -0.2) is 0 Å². The van der Waals surface area contributed by atoms with E-state index in [2.05, 4.69) is 5.32 Å². The van der Waals surface area contributed by atoms with E-state index in [0.29, 0.717) is 11.6 Å². The van der Waals surface area contributed by atoms with E-state index < -0.39 is 11.7 Å². The molecule has 1 fully saturated rings. The first kappa shape index (κ1) is 12.6. The van der Waals surface area contributed by atoms with E-state index in [1.54, 1.807) is 0 Å². The van der Waals surface area contributed by atoms with Crippen molar-refractivity contribution in [3.05, 3.63) is 28.8 Å². The van der Waals surface area contributed by atoms with Gasteiger partial charge in [0, 0.05) is 17.3 Å². The third kappa shape index (κ3) is 3.28. The molecule has 0 spiro atoms. The summed E-state index contributed by atoms with van der Waals surface area (Å²) in [5, 5.41) is 3.12. The van der Waals surface area contributed by atoms with Crippen molar-refractivity contribution in [1.82, 2.24) is 0 Å². The fraction of sp³-hybridized carbons (Fsp3) is 0.500. The van der Waals surface area contributed by atoms with Crippen LogP contribution >= 0.6 is 11.6 Å². The number of rotatable bonds is 3. The molecule has 0 bridgehead atoms. The van der Waals surface area contributed by atoms with Gasteiger partial charge in [0.1, 0.15) is 0 Å². The standard InChI is InChI=1S/C12H13ClF3N/c13-10-4-9(12(14,15)16)5-11(6-10)17-7-8-2-1-3-8/h4-6,8,17H,1-3,7H2. The van der Waals surface area contributed by atoms with Gasteiger partial charge in [0.2, 0.25) is 0 Å². The van der Waals surface area contributed by atoms with Crippen molar-refractivity contribution < 1.29 is 13.2 Å². The Morgan fingerprint density at radius 3 is 2.47 bits per heavy atom. The van der Waals surface area contributed by atoms with Gasteiger partial charge in [-0.2, -0.15) is 13.2 Å². The molecule has 2 rings (SSSR count). The van der Waals surface area contributed by atoms with Gasteiger partial charge in [0.05, 0.1) is 5.56 Å². The van der Waals surface area contributed by atoms with Crippen LogP contribution in [-0.2, 0) is 6.18 Å².